The molecule has 0 spiro atoms. The van der Waals surface area contributed by atoms with Gasteiger partial charge in [-0.1, -0.05) is 91.1 Å². The fourth-order valence-electron chi connectivity index (χ4n) is 4.65. The summed E-state index contributed by atoms with van der Waals surface area (Å²) in [5.74, 6) is 0. The monoisotopic (exact) mass is 508 g/mol. The molecule has 7 heteroatoms. The minimum Gasteiger partial charge on any atom is -0.399 e. The zero-order chi connectivity index (χ0) is 26.4. The molecule has 1 heterocycles. The van der Waals surface area contributed by atoms with Crippen molar-refractivity contribution >= 4 is 31.0 Å². The number of benzene rings is 3. The van der Waals surface area contributed by atoms with Gasteiger partial charge in [-0.15, -0.1) is 0 Å². The molecule has 3 aromatic carbocycles. The minimum atomic E-state index is -4.41. The second kappa shape index (κ2) is 9.36. The van der Waals surface area contributed by atoms with Crippen molar-refractivity contribution in [2.45, 2.75) is 58.2 Å². The molecule has 1 fully saturated rings. The molecule has 0 unspecified atom stereocenters. The van der Waals surface area contributed by atoms with Gasteiger partial charge < -0.3 is 9.31 Å². The molecular formula is C29H32BF3O2Si. The van der Waals surface area contributed by atoms with Crippen LogP contribution in [0.4, 0.5) is 13.2 Å². The summed E-state index contributed by atoms with van der Waals surface area (Å²) in [5, 5.41) is 2.29. The van der Waals surface area contributed by atoms with Gasteiger partial charge in [0.2, 0.25) is 0 Å². The highest BCUT2D eigenvalue weighted by Gasteiger charge is 2.54. The molecule has 0 N–H and O–H groups in total. The zero-order valence-electron chi connectivity index (χ0n) is 21.6. The molecule has 1 saturated heterocycles. The summed E-state index contributed by atoms with van der Waals surface area (Å²) in [7, 11) is -3.15. The predicted molar refractivity (Wildman–Crippen MR) is 144 cm³/mol. The van der Waals surface area contributed by atoms with Gasteiger partial charge in [0.15, 0.2) is 0 Å². The van der Waals surface area contributed by atoms with Gasteiger partial charge in [-0.05, 0) is 61.6 Å². The molecule has 188 valence electrons. The fourth-order valence-corrected chi connectivity index (χ4v) is 7.79. The Morgan fingerprint density at radius 2 is 1.17 bits per heavy atom. The van der Waals surface area contributed by atoms with Gasteiger partial charge >= 0.3 is 13.3 Å². The van der Waals surface area contributed by atoms with Crippen molar-refractivity contribution in [3.05, 3.63) is 102 Å². The second-order valence-corrected chi connectivity index (χ2v) is 15.1. The first-order valence-corrected chi connectivity index (χ1v) is 15.1. The standard InChI is InChI=1S/C29H32BF3O2Si/c1-27(2)28(3,4)35-30(34-27)25(21-17-19-23(20-18-21)29(31,32)33)26(22-13-9-7-10-14-22)36(5,6)24-15-11-8-12-16-24/h7-20H,1-6H3/b26-25-. The smallest absolute Gasteiger partial charge is 0.399 e. The molecule has 0 saturated carbocycles. The molecule has 0 aliphatic carbocycles. The Kier molecular flexibility index (Phi) is 6.88. The molecule has 2 nitrogen and oxygen atoms in total. The van der Waals surface area contributed by atoms with Crippen LogP contribution >= 0.6 is 0 Å². The van der Waals surface area contributed by atoms with Crippen molar-refractivity contribution in [3.63, 3.8) is 0 Å². The van der Waals surface area contributed by atoms with Gasteiger partial charge in [0.05, 0.1) is 16.8 Å². The van der Waals surface area contributed by atoms with Crippen molar-refractivity contribution in [3.8, 4) is 0 Å². The molecule has 1 aliphatic heterocycles. The van der Waals surface area contributed by atoms with Gasteiger partial charge in [0.25, 0.3) is 0 Å². The summed E-state index contributed by atoms with van der Waals surface area (Å²) < 4.78 is 53.3. The molecule has 0 amide bonds. The van der Waals surface area contributed by atoms with Crippen LogP contribution in [-0.4, -0.2) is 26.4 Å². The second-order valence-electron chi connectivity index (χ2n) is 10.8. The van der Waals surface area contributed by atoms with Gasteiger partial charge in [-0.3, -0.25) is 0 Å². The lowest BCUT2D eigenvalue weighted by molar-refractivity contribution is -0.137. The van der Waals surface area contributed by atoms with Crippen LogP contribution in [0.3, 0.4) is 0 Å². The van der Waals surface area contributed by atoms with E-state index in [1.54, 1.807) is 12.1 Å². The summed E-state index contributed by atoms with van der Waals surface area (Å²) in [6.45, 7) is 12.5. The summed E-state index contributed by atoms with van der Waals surface area (Å²) in [4.78, 5) is 0. The lowest BCUT2D eigenvalue weighted by Gasteiger charge is -2.32. The number of alkyl halides is 3. The number of hydrogen-bond acceptors (Lipinski definition) is 2. The third kappa shape index (κ3) is 4.97. The Morgan fingerprint density at radius 3 is 1.64 bits per heavy atom. The Hall–Kier alpha value is -2.61. The first-order valence-electron chi connectivity index (χ1n) is 12.1. The van der Waals surface area contributed by atoms with Gasteiger partial charge in [-0.2, -0.15) is 13.2 Å². The number of halogens is 3. The summed E-state index contributed by atoms with van der Waals surface area (Å²) in [5.41, 5.74) is 0.582. The van der Waals surface area contributed by atoms with Gasteiger partial charge in [0.1, 0.15) is 8.07 Å². The molecule has 0 atom stereocenters. The van der Waals surface area contributed by atoms with E-state index in [1.807, 2.05) is 64.1 Å². The van der Waals surface area contributed by atoms with E-state index in [9.17, 15) is 13.2 Å². The van der Waals surface area contributed by atoms with Crippen LogP contribution in [0.1, 0.15) is 44.4 Å². The van der Waals surface area contributed by atoms with E-state index in [0.717, 1.165) is 28.4 Å². The van der Waals surface area contributed by atoms with Crippen molar-refractivity contribution in [1.29, 1.82) is 0 Å². The van der Waals surface area contributed by atoms with Crippen LogP contribution in [0.25, 0.3) is 10.7 Å². The highest BCUT2D eigenvalue weighted by molar-refractivity contribution is 7.07. The maximum atomic E-state index is 13.4. The Balaban J connectivity index is 2.04. The van der Waals surface area contributed by atoms with Crippen molar-refractivity contribution < 1.29 is 22.5 Å². The highest BCUT2D eigenvalue weighted by atomic mass is 28.3. The third-order valence-electron chi connectivity index (χ3n) is 7.46. The largest absolute Gasteiger partial charge is 0.495 e. The molecule has 4 rings (SSSR count). The molecule has 0 bridgehead atoms. The average molecular weight is 508 g/mol. The Bertz CT molecular complexity index is 1220. The van der Waals surface area contributed by atoms with Crippen molar-refractivity contribution in [2.75, 3.05) is 0 Å². The molecule has 3 aromatic rings. The summed E-state index contributed by atoms with van der Waals surface area (Å²) in [6.07, 6.45) is -4.41. The Morgan fingerprint density at radius 1 is 0.694 bits per heavy atom. The maximum Gasteiger partial charge on any atom is 0.495 e. The van der Waals surface area contributed by atoms with E-state index in [2.05, 4.69) is 37.4 Å². The van der Waals surface area contributed by atoms with E-state index < -0.39 is 38.1 Å². The van der Waals surface area contributed by atoms with E-state index in [-0.39, 0.29) is 0 Å². The van der Waals surface area contributed by atoms with Gasteiger partial charge in [0, 0.05) is 0 Å². The molecule has 1 aliphatic rings. The normalized spacial score (nSPS) is 18.2. The van der Waals surface area contributed by atoms with E-state index >= 15 is 0 Å². The number of hydrogen-bond donors (Lipinski definition) is 0. The molecule has 0 aromatic heterocycles. The summed E-state index contributed by atoms with van der Waals surface area (Å²) in [6, 6.07) is 25.7. The first kappa shape index (κ1) is 26.5. The zero-order valence-corrected chi connectivity index (χ0v) is 22.6. The fraction of sp³-hybridized carbons (Fsp3) is 0.310. The lowest BCUT2D eigenvalue weighted by Crippen LogP contribution is -2.44. The highest BCUT2D eigenvalue weighted by Crippen LogP contribution is 2.45. The molecular weight excluding hydrogens is 476 g/mol. The third-order valence-corrected chi connectivity index (χ3v) is 11.0. The van der Waals surface area contributed by atoms with Crippen LogP contribution in [0.2, 0.25) is 13.1 Å². The topological polar surface area (TPSA) is 18.5 Å². The molecule has 36 heavy (non-hydrogen) atoms. The lowest BCUT2D eigenvalue weighted by atomic mass is 9.72. The van der Waals surface area contributed by atoms with Crippen LogP contribution in [-0.2, 0) is 15.5 Å². The SMILES string of the molecule is CC1(C)OB(/C(=C(/c2ccccc2)[Si](C)(C)c2ccccc2)c2ccc(C(F)(F)F)cc2)OC1(C)C. The number of rotatable bonds is 5. The minimum absolute atomic E-state index is 0.602. The van der Waals surface area contributed by atoms with E-state index in [1.165, 1.54) is 5.19 Å². The van der Waals surface area contributed by atoms with Gasteiger partial charge in [-0.25, -0.2) is 0 Å². The average Bonchev–Trinajstić information content (AvgIpc) is 3.04. The van der Waals surface area contributed by atoms with Crippen molar-refractivity contribution in [1.82, 2.24) is 0 Å². The quantitative estimate of drug-likeness (QED) is 0.264. The predicted octanol–water partition coefficient (Wildman–Crippen LogP) is 7.40. The van der Waals surface area contributed by atoms with Crippen molar-refractivity contribution in [2.24, 2.45) is 0 Å². The van der Waals surface area contributed by atoms with Crippen LogP contribution in [0.5, 0.6) is 0 Å². The Labute approximate surface area is 213 Å². The summed E-state index contributed by atoms with van der Waals surface area (Å²) >= 11 is 0. The van der Waals surface area contributed by atoms with Crippen LogP contribution in [0.15, 0.2) is 84.9 Å². The molecule has 0 radical (unpaired) electrons. The first-order chi connectivity index (χ1) is 16.7. The van der Waals surface area contributed by atoms with Crippen LogP contribution in [0, 0.1) is 0 Å². The van der Waals surface area contributed by atoms with Crippen LogP contribution < -0.4 is 5.19 Å². The van der Waals surface area contributed by atoms with E-state index in [4.69, 9.17) is 9.31 Å². The van der Waals surface area contributed by atoms with E-state index in [0.29, 0.717) is 5.56 Å². The maximum absolute atomic E-state index is 13.4.